The van der Waals surface area contributed by atoms with Gasteiger partial charge in [-0.25, -0.2) is 8.78 Å². The monoisotopic (exact) mass is 187 g/mol. The van der Waals surface area contributed by atoms with Crippen molar-refractivity contribution < 1.29 is 13.9 Å². The predicted molar refractivity (Wildman–Crippen MR) is 45.5 cm³/mol. The Morgan fingerprint density at radius 3 is 2.46 bits per heavy atom. The van der Waals surface area contributed by atoms with E-state index < -0.39 is 23.3 Å². The van der Waals surface area contributed by atoms with Crippen molar-refractivity contribution in [2.75, 3.05) is 6.54 Å². The van der Waals surface area contributed by atoms with E-state index in [0.29, 0.717) is 0 Å². The minimum atomic E-state index is -0.822. The fraction of sp³-hybridized carbons (Fsp3) is 0.333. The summed E-state index contributed by atoms with van der Waals surface area (Å²) in [5, 5.41) is 9.21. The maximum absolute atomic E-state index is 13.1. The first-order valence-corrected chi connectivity index (χ1v) is 3.94. The lowest BCUT2D eigenvalue weighted by atomic mass is 9.99. The molecule has 1 aromatic rings. The van der Waals surface area contributed by atoms with Gasteiger partial charge < -0.3 is 10.8 Å². The second-order valence-electron chi connectivity index (χ2n) is 2.93. The molecule has 0 bridgehead atoms. The zero-order valence-electron chi connectivity index (χ0n) is 7.22. The molecule has 0 aliphatic heterocycles. The van der Waals surface area contributed by atoms with Crippen LogP contribution in [0.2, 0.25) is 0 Å². The summed E-state index contributed by atoms with van der Waals surface area (Å²) in [6.07, 6.45) is 0. The quantitative estimate of drug-likeness (QED) is 0.740. The normalized spacial score (nSPS) is 12.9. The molecule has 1 rings (SSSR count). The molecule has 0 heterocycles. The lowest BCUT2D eigenvalue weighted by Gasteiger charge is -2.12. The molecule has 72 valence electrons. The van der Waals surface area contributed by atoms with E-state index in [4.69, 9.17) is 5.73 Å². The van der Waals surface area contributed by atoms with Crippen molar-refractivity contribution in [1.82, 2.24) is 0 Å². The molecule has 0 radical (unpaired) electrons. The van der Waals surface area contributed by atoms with Crippen LogP contribution in [0.4, 0.5) is 8.78 Å². The van der Waals surface area contributed by atoms with Gasteiger partial charge in [-0.3, -0.25) is 0 Å². The molecule has 0 saturated carbocycles. The van der Waals surface area contributed by atoms with Gasteiger partial charge in [-0.1, -0.05) is 6.92 Å². The third-order valence-corrected chi connectivity index (χ3v) is 1.96. The van der Waals surface area contributed by atoms with Gasteiger partial charge in [0.05, 0.1) is 0 Å². The molecule has 0 amide bonds. The van der Waals surface area contributed by atoms with Gasteiger partial charge in [-0.15, -0.1) is 0 Å². The SMILES string of the molecule is CC(CN)c1c(F)ccc(F)c1O. The molecule has 1 unspecified atom stereocenters. The summed E-state index contributed by atoms with van der Waals surface area (Å²) >= 11 is 0. The first-order chi connectivity index (χ1) is 6.07. The van der Waals surface area contributed by atoms with E-state index in [2.05, 4.69) is 0 Å². The second kappa shape index (κ2) is 3.70. The lowest BCUT2D eigenvalue weighted by Crippen LogP contribution is -2.11. The Labute approximate surface area is 75.0 Å². The van der Waals surface area contributed by atoms with Gasteiger partial charge in [0.2, 0.25) is 0 Å². The molecular formula is C9H11F2NO. The molecule has 4 heteroatoms. The third-order valence-electron chi connectivity index (χ3n) is 1.96. The largest absolute Gasteiger partial charge is 0.505 e. The molecule has 0 aliphatic rings. The molecule has 0 aromatic heterocycles. The van der Waals surface area contributed by atoms with Gasteiger partial charge in [0.25, 0.3) is 0 Å². The summed E-state index contributed by atoms with van der Waals surface area (Å²) in [5.41, 5.74) is 5.24. The standard InChI is InChI=1S/C9H11F2NO/c1-5(4-12)8-6(10)2-3-7(11)9(8)13/h2-3,5,13H,4,12H2,1H3. The molecule has 1 atom stereocenters. The Balaban J connectivity index is 3.25. The number of hydrogen-bond donors (Lipinski definition) is 2. The summed E-state index contributed by atoms with van der Waals surface area (Å²) in [6, 6.07) is 1.87. The van der Waals surface area contributed by atoms with Gasteiger partial charge >= 0.3 is 0 Å². The molecule has 0 spiro atoms. The van der Waals surface area contributed by atoms with Gasteiger partial charge in [-0.2, -0.15) is 0 Å². The summed E-state index contributed by atoms with van der Waals surface area (Å²) in [7, 11) is 0. The number of halogens is 2. The van der Waals surface area contributed by atoms with Crippen LogP contribution in [0.1, 0.15) is 18.4 Å². The Morgan fingerprint density at radius 1 is 1.38 bits per heavy atom. The molecule has 2 nitrogen and oxygen atoms in total. The van der Waals surface area contributed by atoms with E-state index in [1.807, 2.05) is 0 Å². The summed E-state index contributed by atoms with van der Waals surface area (Å²) < 4.78 is 25.9. The van der Waals surface area contributed by atoms with Crippen molar-refractivity contribution in [3.8, 4) is 5.75 Å². The number of rotatable bonds is 2. The Bertz CT molecular complexity index is 315. The van der Waals surface area contributed by atoms with E-state index >= 15 is 0 Å². The van der Waals surface area contributed by atoms with Crippen molar-refractivity contribution in [2.24, 2.45) is 5.73 Å². The Morgan fingerprint density at radius 2 is 1.92 bits per heavy atom. The van der Waals surface area contributed by atoms with Gasteiger partial charge in [0.15, 0.2) is 11.6 Å². The number of phenolic OH excluding ortho intramolecular Hbond substituents is 1. The summed E-state index contributed by atoms with van der Waals surface area (Å²) in [6.45, 7) is 1.78. The number of benzene rings is 1. The van der Waals surface area contributed by atoms with Crippen LogP contribution in [0.25, 0.3) is 0 Å². The van der Waals surface area contributed by atoms with Crippen LogP contribution in [0.5, 0.6) is 5.75 Å². The number of aromatic hydroxyl groups is 1. The highest BCUT2D eigenvalue weighted by atomic mass is 19.1. The third kappa shape index (κ3) is 1.78. The Kier molecular flexibility index (Phi) is 2.83. The van der Waals surface area contributed by atoms with Crippen molar-refractivity contribution in [3.05, 3.63) is 29.3 Å². The van der Waals surface area contributed by atoms with E-state index in [9.17, 15) is 13.9 Å². The number of nitrogens with two attached hydrogens (primary N) is 1. The highest BCUT2D eigenvalue weighted by Crippen LogP contribution is 2.29. The van der Waals surface area contributed by atoms with Crippen molar-refractivity contribution in [1.29, 1.82) is 0 Å². The molecule has 0 aliphatic carbocycles. The summed E-state index contributed by atoms with van der Waals surface area (Å²) in [5.74, 6) is -2.48. The first kappa shape index (κ1) is 9.92. The first-order valence-electron chi connectivity index (χ1n) is 3.94. The van der Waals surface area contributed by atoms with Crippen LogP contribution in [-0.4, -0.2) is 11.7 Å². The average Bonchev–Trinajstić information content (AvgIpc) is 2.12. The zero-order valence-corrected chi connectivity index (χ0v) is 7.22. The smallest absolute Gasteiger partial charge is 0.165 e. The van der Waals surface area contributed by atoms with Crippen molar-refractivity contribution in [2.45, 2.75) is 12.8 Å². The minimum absolute atomic E-state index is 0.0532. The van der Waals surface area contributed by atoms with Crippen LogP contribution in [0.3, 0.4) is 0 Å². The molecule has 1 aromatic carbocycles. The zero-order chi connectivity index (χ0) is 10.0. The van der Waals surface area contributed by atoms with E-state index in [1.165, 1.54) is 0 Å². The van der Waals surface area contributed by atoms with Crippen LogP contribution in [0, 0.1) is 11.6 Å². The maximum Gasteiger partial charge on any atom is 0.165 e. The number of hydrogen-bond acceptors (Lipinski definition) is 2. The van der Waals surface area contributed by atoms with Crippen LogP contribution in [0.15, 0.2) is 12.1 Å². The van der Waals surface area contributed by atoms with Crippen molar-refractivity contribution in [3.63, 3.8) is 0 Å². The van der Waals surface area contributed by atoms with E-state index in [1.54, 1.807) is 6.92 Å². The number of phenols is 1. The van der Waals surface area contributed by atoms with Crippen LogP contribution in [-0.2, 0) is 0 Å². The highest BCUT2D eigenvalue weighted by Gasteiger charge is 2.17. The molecule has 3 N–H and O–H groups in total. The minimum Gasteiger partial charge on any atom is -0.505 e. The van der Waals surface area contributed by atoms with Gasteiger partial charge in [0, 0.05) is 5.56 Å². The molecule has 13 heavy (non-hydrogen) atoms. The van der Waals surface area contributed by atoms with Crippen LogP contribution < -0.4 is 5.73 Å². The summed E-state index contributed by atoms with van der Waals surface area (Å²) in [4.78, 5) is 0. The van der Waals surface area contributed by atoms with Crippen molar-refractivity contribution >= 4 is 0 Å². The van der Waals surface area contributed by atoms with Gasteiger partial charge in [-0.05, 0) is 24.6 Å². The Hall–Kier alpha value is -1.16. The lowest BCUT2D eigenvalue weighted by molar-refractivity contribution is 0.412. The average molecular weight is 187 g/mol. The maximum atomic E-state index is 13.1. The fourth-order valence-electron chi connectivity index (χ4n) is 1.14. The molecule has 0 fully saturated rings. The van der Waals surface area contributed by atoms with E-state index in [0.717, 1.165) is 12.1 Å². The molecular weight excluding hydrogens is 176 g/mol. The fourth-order valence-corrected chi connectivity index (χ4v) is 1.14. The molecule has 0 saturated heterocycles. The van der Waals surface area contributed by atoms with E-state index in [-0.39, 0.29) is 12.1 Å². The highest BCUT2D eigenvalue weighted by molar-refractivity contribution is 5.37. The topological polar surface area (TPSA) is 46.2 Å². The van der Waals surface area contributed by atoms with Crippen LogP contribution >= 0.6 is 0 Å². The second-order valence-corrected chi connectivity index (χ2v) is 2.93. The van der Waals surface area contributed by atoms with Gasteiger partial charge in [0.1, 0.15) is 5.82 Å². The predicted octanol–water partition coefficient (Wildman–Crippen LogP) is 1.73.